The average molecular weight is 428 g/mol. The van der Waals surface area contributed by atoms with Crippen LogP contribution in [0.5, 0.6) is 0 Å². The Balaban J connectivity index is 1.87. The largest absolute Gasteiger partial charge is 0.203 e. The minimum absolute atomic E-state index is 0.00939. The lowest BCUT2D eigenvalue weighted by atomic mass is 9.85. The van der Waals surface area contributed by atoms with Crippen molar-refractivity contribution >= 4 is 6.08 Å². The van der Waals surface area contributed by atoms with Gasteiger partial charge in [0, 0.05) is 11.5 Å². The molecule has 1 aliphatic rings. The maximum absolute atomic E-state index is 14.6. The van der Waals surface area contributed by atoms with Crippen molar-refractivity contribution in [3.8, 4) is 11.1 Å². The minimum Gasteiger partial charge on any atom is -0.203 e. The van der Waals surface area contributed by atoms with Gasteiger partial charge in [0.1, 0.15) is 0 Å². The Morgan fingerprint density at radius 1 is 0.710 bits per heavy atom. The van der Waals surface area contributed by atoms with Crippen LogP contribution < -0.4 is 0 Å². The number of hydrogen-bond donors (Lipinski definition) is 0. The first kappa shape index (κ1) is 21.3. The maximum Gasteiger partial charge on any atom is 0.200 e. The summed E-state index contributed by atoms with van der Waals surface area (Å²) >= 11 is 0. The van der Waals surface area contributed by atoms with E-state index in [9.17, 15) is 22.0 Å². The Morgan fingerprint density at radius 2 is 1.26 bits per heavy atom. The topological polar surface area (TPSA) is 0 Å². The van der Waals surface area contributed by atoms with Gasteiger partial charge < -0.3 is 0 Å². The molecule has 160 valence electrons. The lowest BCUT2D eigenvalue weighted by Crippen LogP contribution is -2.12. The minimum atomic E-state index is -2.15. The zero-order valence-corrected chi connectivity index (χ0v) is 17.6. The SMILES string of the molecule is CC1=Cc2c(-c3ccc(C(C)(C)C)cc3)cccc2C1c1c(F)c(F)c(F)c(F)c1F. The first-order valence-electron chi connectivity index (χ1n) is 9.95. The molecule has 1 aliphatic carbocycles. The van der Waals surface area contributed by atoms with E-state index in [1.54, 1.807) is 25.1 Å². The standard InChI is InChI=1S/C26H21F5/c1-13-12-18-16(14-8-10-15(11-9-14)26(2,3)4)6-5-7-17(18)19(13)20-21(27)23(29)25(31)24(30)22(20)28/h5-12,19H,1-4H3. The number of allylic oxidation sites excluding steroid dienone is 1. The van der Waals surface area contributed by atoms with E-state index in [0.29, 0.717) is 11.1 Å². The van der Waals surface area contributed by atoms with Gasteiger partial charge in [-0.2, -0.15) is 0 Å². The highest BCUT2D eigenvalue weighted by Gasteiger charge is 2.35. The van der Waals surface area contributed by atoms with E-state index in [4.69, 9.17) is 0 Å². The molecule has 0 spiro atoms. The summed E-state index contributed by atoms with van der Waals surface area (Å²) in [6, 6.07) is 13.3. The van der Waals surface area contributed by atoms with Crippen molar-refractivity contribution in [3.05, 3.63) is 99.4 Å². The summed E-state index contributed by atoms with van der Waals surface area (Å²) in [5.74, 6) is -10.6. The quantitative estimate of drug-likeness (QED) is 0.221. The predicted octanol–water partition coefficient (Wildman–Crippen LogP) is 7.90. The number of halogens is 5. The van der Waals surface area contributed by atoms with Crippen molar-refractivity contribution in [2.24, 2.45) is 0 Å². The van der Waals surface area contributed by atoms with E-state index in [1.807, 2.05) is 30.3 Å². The van der Waals surface area contributed by atoms with Crippen molar-refractivity contribution in [1.29, 1.82) is 0 Å². The molecule has 1 unspecified atom stereocenters. The van der Waals surface area contributed by atoms with E-state index in [0.717, 1.165) is 22.3 Å². The predicted molar refractivity (Wildman–Crippen MR) is 112 cm³/mol. The number of rotatable bonds is 2. The van der Waals surface area contributed by atoms with E-state index < -0.39 is 40.6 Å². The first-order valence-corrected chi connectivity index (χ1v) is 9.95. The summed E-state index contributed by atoms with van der Waals surface area (Å²) in [5.41, 5.74) is 3.83. The molecule has 0 aliphatic heterocycles. The fraction of sp³-hybridized carbons (Fsp3) is 0.231. The number of fused-ring (bicyclic) bond motifs is 1. The van der Waals surface area contributed by atoms with Gasteiger partial charge in [-0.25, -0.2) is 22.0 Å². The van der Waals surface area contributed by atoms with E-state index >= 15 is 0 Å². The Hall–Kier alpha value is -2.95. The van der Waals surface area contributed by atoms with Gasteiger partial charge in [0.15, 0.2) is 23.3 Å². The van der Waals surface area contributed by atoms with Crippen molar-refractivity contribution in [1.82, 2.24) is 0 Å². The molecule has 0 nitrogen and oxygen atoms in total. The van der Waals surface area contributed by atoms with Crippen molar-refractivity contribution < 1.29 is 22.0 Å². The molecular formula is C26H21F5. The van der Waals surface area contributed by atoms with Gasteiger partial charge in [-0.05, 0) is 40.2 Å². The third-order valence-electron chi connectivity index (χ3n) is 5.87. The first-order chi connectivity index (χ1) is 14.5. The van der Waals surface area contributed by atoms with E-state index in [2.05, 4.69) is 20.8 Å². The van der Waals surface area contributed by atoms with E-state index in [-0.39, 0.29) is 5.41 Å². The van der Waals surface area contributed by atoms with Crippen LogP contribution in [0.2, 0.25) is 0 Å². The van der Waals surface area contributed by atoms with Gasteiger partial charge in [0.25, 0.3) is 0 Å². The molecule has 0 fully saturated rings. The van der Waals surface area contributed by atoms with Gasteiger partial charge in [-0.3, -0.25) is 0 Å². The second kappa shape index (κ2) is 7.33. The second-order valence-electron chi connectivity index (χ2n) is 8.94. The summed E-state index contributed by atoms with van der Waals surface area (Å²) in [6.07, 6.45) is 1.76. The Kier molecular flexibility index (Phi) is 5.03. The summed E-state index contributed by atoms with van der Waals surface area (Å²) in [4.78, 5) is 0. The lowest BCUT2D eigenvalue weighted by molar-refractivity contribution is 0.369. The highest BCUT2D eigenvalue weighted by Crippen LogP contribution is 2.46. The summed E-state index contributed by atoms with van der Waals surface area (Å²) < 4.78 is 70.4. The molecule has 0 aromatic heterocycles. The van der Waals surface area contributed by atoms with Crippen LogP contribution in [0.25, 0.3) is 17.2 Å². The Labute approximate surface area is 178 Å². The number of hydrogen-bond acceptors (Lipinski definition) is 0. The van der Waals surface area contributed by atoms with Crippen LogP contribution in [0, 0.1) is 29.1 Å². The molecule has 1 atom stereocenters. The molecule has 5 heteroatoms. The third-order valence-corrected chi connectivity index (χ3v) is 5.87. The molecule has 0 bridgehead atoms. The summed E-state index contributed by atoms with van der Waals surface area (Å²) in [6.45, 7) is 7.98. The molecule has 0 heterocycles. The monoisotopic (exact) mass is 428 g/mol. The molecule has 3 aromatic carbocycles. The lowest BCUT2D eigenvalue weighted by Gasteiger charge is -2.20. The summed E-state index contributed by atoms with van der Waals surface area (Å²) in [7, 11) is 0. The van der Waals surface area contributed by atoms with Gasteiger partial charge in [-0.15, -0.1) is 0 Å². The van der Waals surface area contributed by atoms with Crippen molar-refractivity contribution in [2.45, 2.75) is 39.0 Å². The van der Waals surface area contributed by atoms with Crippen molar-refractivity contribution in [3.63, 3.8) is 0 Å². The van der Waals surface area contributed by atoms with Crippen LogP contribution in [-0.4, -0.2) is 0 Å². The average Bonchev–Trinajstić information content (AvgIpc) is 3.06. The molecule has 0 N–H and O–H groups in total. The van der Waals surface area contributed by atoms with Gasteiger partial charge >= 0.3 is 0 Å². The van der Waals surface area contributed by atoms with Crippen LogP contribution in [0.4, 0.5) is 22.0 Å². The normalized spacial score (nSPS) is 15.8. The van der Waals surface area contributed by atoms with Gasteiger partial charge in [0.2, 0.25) is 5.82 Å². The highest BCUT2D eigenvalue weighted by atomic mass is 19.2. The second-order valence-corrected chi connectivity index (χ2v) is 8.94. The molecule has 31 heavy (non-hydrogen) atoms. The fourth-order valence-corrected chi connectivity index (χ4v) is 4.21. The maximum atomic E-state index is 14.6. The zero-order chi connectivity index (χ0) is 22.7. The van der Waals surface area contributed by atoms with Gasteiger partial charge in [-0.1, -0.05) is 74.9 Å². The molecule has 0 saturated heterocycles. The third kappa shape index (κ3) is 3.36. The number of benzene rings is 3. The van der Waals surface area contributed by atoms with Crippen LogP contribution in [0.15, 0.2) is 48.0 Å². The smallest absolute Gasteiger partial charge is 0.200 e. The molecule has 4 rings (SSSR count). The highest BCUT2D eigenvalue weighted by molar-refractivity contribution is 5.83. The van der Waals surface area contributed by atoms with Crippen LogP contribution >= 0.6 is 0 Å². The van der Waals surface area contributed by atoms with Crippen LogP contribution in [0.3, 0.4) is 0 Å². The molecular weight excluding hydrogens is 407 g/mol. The zero-order valence-electron chi connectivity index (χ0n) is 17.6. The van der Waals surface area contributed by atoms with E-state index in [1.165, 1.54) is 0 Å². The van der Waals surface area contributed by atoms with Gasteiger partial charge in [0.05, 0.1) is 0 Å². The van der Waals surface area contributed by atoms with Crippen LogP contribution in [-0.2, 0) is 5.41 Å². The molecule has 0 saturated carbocycles. The fourth-order valence-electron chi connectivity index (χ4n) is 4.21. The molecule has 3 aromatic rings. The van der Waals surface area contributed by atoms with Crippen LogP contribution in [0.1, 0.15) is 55.9 Å². The molecule has 0 radical (unpaired) electrons. The molecule has 0 amide bonds. The Morgan fingerprint density at radius 3 is 1.81 bits per heavy atom. The van der Waals surface area contributed by atoms with Crippen molar-refractivity contribution in [2.75, 3.05) is 0 Å². The Bertz CT molecular complexity index is 1190. The summed E-state index contributed by atoms with van der Waals surface area (Å²) in [5, 5.41) is 0.